The molecule has 0 spiro atoms. The smallest absolute Gasteiger partial charge is 0.315 e. The van der Waals surface area contributed by atoms with Crippen molar-refractivity contribution < 1.29 is 28.6 Å². The van der Waals surface area contributed by atoms with E-state index in [-0.39, 0.29) is 38.6 Å². The Kier molecular flexibility index (Phi) is 10.4. The van der Waals surface area contributed by atoms with Crippen molar-refractivity contribution in [3.63, 3.8) is 0 Å². The topological polar surface area (TPSA) is 78.9 Å². The molecule has 0 amide bonds. The maximum absolute atomic E-state index is 12.1. The maximum atomic E-state index is 12.1. The van der Waals surface area contributed by atoms with Crippen molar-refractivity contribution in [1.29, 1.82) is 0 Å². The van der Waals surface area contributed by atoms with E-state index in [0.29, 0.717) is 6.42 Å². The Morgan fingerprint density at radius 3 is 2.04 bits per heavy atom. The largest absolute Gasteiger partial charge is 0.462 e. The highest BCUT2D eigenvalue weighted by molar-refractivity contribution is 5.79. The van der Waals surface area contributed by atoms with Crippen LogP contribution in [0.1, 0.15) is 47.0 Å². The Balaban J connectivity index is 4.05. The Bertz CT molecular complexity index is 476. The number of hydrogen-bond donors (Lipinski definition) is 0. The number of carbonyl (C=O) groups is 3. The lowest BCUT2D eigenvalue weighted by atomic mass is 9.86. The van der Waals surface area contributed by atoms with Gasteiger partial charge in [0.1, 0.15) is 19.8 Å². The summed E-state index contributed by atoms with van der Waals surface area (Å²) in [7, 11) is 0. The fourth-order valence-electron chi connectivity index (χ4n) is 1.90. The van der Waals surface area contributed by atoms with E-state index >= 15 is 0 Å². The third-order valence-electron chi connectivity index (χ3n) is 3.28. The molecule has 0 bridgehead atoms. The SMILES string of the molecule is C=CCOC(=O)CCC(=O)OCCOC(=O)C(C)(C=C(C)C)CC. The summed E-state index contributed by atoms with van der Waals surface area (Å²) in [5, 5.41) is 0. The molecular weight excluding hydrogens is 312 g/mol. The summed E-state index contributed by atoms with van der Waals surface area (Å²) in [5.74, 6) is -1.38. The lowest BCUT2D eigenvalue weighted by Gasteiger charge is -2.22. The van der Waals surface area contributed by atoms with E-state index < -0.39 is 17.4 Å². The number of hydrogen-bond acceptors (Lipinski definition) is 6. The predicted octanol–water partition coefficient (Wildman–Crippen LogP) is 2.96. The van der Waals surface area contributed by atoms with Gasteiger partial charge in [-0.1, -0.05) is 31.2 Å². The van der Waals surface area contributed by atoms with Crippen molar-refractivity contribution in [3.05, 3.63) is 24.3 Å². The van der Waals surface area contributed by atoms with Gasteiger partial charge in [-0.05, 0) is 27.2 Å². The average molecular weight is 340 g/mol. The van der Waals surface area contributed by atoms with Gasteiger partial charge >= 0.3 is 17.9 Å². The van der Waals surface area contributed by atoms with Crippen LogP contribution < -0.4 is 0 Å². The quantitative estimate of drug-likeness (QED) is 0.249. The van der Waals surface area contributed by atoms with Gasteiger partial charge in [0.05, 0.1) is 18.3 Å². The van der Waals surface area contributed by atoms with Crippen molar-refractivity contribution in [2.75, 3.05) is 19.8 Å². The molecule has 0 radical (unpaired) electrons. The van der Waals surface area contributed by atoms with Gasteiger partial charge in [0.2, 0.25) is 0 Å². The van der Waals surface area contributed by atoms with Gasteiger partial charge in [0, 0.05) is 0 Å². The molecule has 0 aliphatic heterocycles. The molecule has 136 valence electrons. The first-order valence-corrected chi connectivity index (χ1v) is 8.00. The fraction of sp³-hybridized carbons (Fsp3) is 0.611. The number of rotatable bonds is 11. The molecule has 0 aliphatic carbocycles. The van der Waals surface area contributed by atoms with Gasteiger partial charge in [0.25, 0.3) is 0 Å². The van der Waals surface area contributed by atoms with Gasteiger partial charge in [-0.15, -0.1) is 0 Å². The number of esters is 3. The summed E-state index contributed by atoms with van der Waals surface area (Å²) < 4.78 is 14.8. The highest BCUT2D eigenvalue weighted by Crippen LogP contribution is 2.26. The third-order valence-corrected chi connectivity index (χ3v) is 3.28. The van der Waals surface area contributed by atoms with Crippen LogP contribution in [-0.2, 0) is 28.6 Å². The van der Waals surface area contributed by atoms with Crippen molar-refractivity contribution >= 4 is 17.9 Å². The van der Waals surface area contributed by atoms with Gasteiger partial charge in [0.15, 0.2) is 0 Å². The molecule has 1 unspecified atom stereocenters. The minimum absolute atomic E-state index is 0.0162. The molecule has 0 N–H and O–H groups in total. The minimum Gasteiger partial charge on any atom is -0.462 e. The Labute approximate surface area is 143 Å². The van der Waals surface area contributed by atoms with Crippen LogP contribution in [0.25, 0.3) is 0 Å². The Hall–Kier alpha value is -2.11. The van der Waals surface area contributed by atoms with Crippen LogP contribution in [0.5, 0.6) is 0 Å². The van der Waals surface area contributed by atoms with E-state index in [1.54, 1.807) is 0 Å². The zero-order valence-corrected chi connectivity index (χ0v) is 15.1. The van der Waals surface area contributed by atoms with Crippen molar-refractivity contribution in [1.82, 2.24) is 0 Å². The molecule has 0 fully saturated rings. The van der Waals surface area contributed by atoms with Crippen LogP contribution in [0.15, 0.2) is 24.3 Å². The third kappa shape index (κ3) is 9.12. The molecule has 0 rings (SSSR count). The molecule has 6 heteroatoms. The molecular formula is C18H28O6. The summed E-state index contributed by atoms with van der Waals surface area (Å²) in [6.07, 6.45) is 3.80. The summed E-state index contributed by atoms with van der Waals surface area (Å²) in [6.45, 7) is 11.0. The first kappa shape index (κ1) is 21.9. The number of ether oxygens (including phenoxy) is 3. The molecule has 1 atom stereocenters. The van der Waals surface area contributed by atoms with Gasteiger partial charge in [-0.3, -0.25) is 14.4 Å². The highest BCUT2D eigenvalue weighted by Gasteiger charge is 2.30. The molecule has 0 aromatic heterocycles. The van der Waals surface area contributed by atoms with E-state index in [2.05, 4.69) is 6.58 Å². The minimum atomic E-state index is -0.683. The zero-order chi connectivity index (χ0) is 18.6. The fourth-order valence-corrected chi connectivity index (χ4v) is 1.90. The second-order valence-corrected chi connectivity index (χ2v) is 5.82. The van der Waals surface area contributed by atoms with Crippen LogP contribution in [0, 0.1) is 5.41 Å². The summed E-state index contributed by atoms with van der Waals surface area (Å²) >= 11 is 0. The van der Waals surface area contributed by atoms with Gasteiger partial charge in [-0.2, -0.15) is 0 Å². The van der Waals surface area contributed by atoms with E-state index in [4.69, 9.17) is 14.2 Å². The van der Waals surface area contributed by atoms with Crippen molar-refractivity contribution in [2.24, 2.45) is 5.41 Å². The normalized spacial score (nSPS) is 12.5. The second kappa shape index (κ2) is 11.4. The molecule has 0 saturated carbocycles. The van der Waals surface area contributed by atoms with Crippen LogP contribution >= 0.6 is 0 Å². The highest BCUT2D eigenvalue weighted by atomic mass is 16.6. The maximum Gasteiger partial charge on any atom is 0.315 e. The van der Waals surface area contributed by atoms with Gasteiger partial charge in [-0.25, -0.2) is 0 Å². The van der Waals surface area contributed by atoms with Gasteiger partial charge < -0.3 is 14.2 Å². The van der Waals surface area contributed by atoms with E-state index in [0.717, 1.165) is 5.57 Å². The first-order chi connectivity index (χ1) is 11.2. The molecule has 0 heterocycles. The lowest BCUT2D eigenvalue weighted by Crippen LogP contribution is -2.29. The molecule has 0 aromatic carbocycles. The number of carbonyl (C=O) groups excluding carboxylic acids is 3. The summed E-state index contributed by atoms with van der Waals surface area (Å²) in [5.41, 5.74) is 0.351. The lowest BCUT2D eigenvalue weighted by molar-refractivity contribution is -0.158. The Morgan fingerprint density at radius 1 is 1.00 bits per heavy atom. The van der Waals surface area contributed by atoms with E-state index in [9.17, 15) is 14.4 Å². The Morgan fingerprint density at radius 2 is 1.54 bits per heavy atom. The van der Waals surface area contributed by atoms with Crippen molar-refractivity contribution in [2.45, 2.75) is 47.0 Å². The summed E-state index contributed by atoms with van der Waals surface area (Å²) in [4.78, 5) is 34.8. The van der Waals surface area contributed by atoms with Crippen molar-refractivity contribution in [3.8, 4) is 0 Å². The monoisotopic (exact) mass is 340 g/mol. The van der Waals surface area contributed by atoms with Crippen LogP contribution in [0.3, 0.4) is 0 Å². The van der Waals surface area contributed by atoms with E-state index in [1.165, 1.54) is 6.08 Å². The van der Waals surface area contributed by atoms with Crippen LogP contribution in [0.4, 0.5) is 0 Å². The second-order valence-electron chi connectivity index (χ2n) is 5.82. The standard InChI is InChI=1S/C18H28O6/c1-6-10-22-15(19)8-9-16(20)23-11-12-24-17(21)18(5,7-2)13-14(3)4/h6,13H,1,7-12H2,2-5H3. The van der Waals surface area contributed by atoms with E-state index in [1.807, 2.05) is 33.8 Å². The molecule has 6 nitrogen and oxygen atoms in total. The number of allylic oxidation sites excluding steroid dienone is 1. The predicted molar refractivity (Wildman–Crippen MR) is 90.1 cm³/mol. The van der Waals surface area contributed by atoms with Crippen LogP contribution in [-0.4, -0.2) is 37.7 Å². The first-order valence-electron chi connectivity index (χ1n) is 8.00. The zero-order valence-electron chi connectivity index (χ0n) is 15.1. The molecule has 24 heavy (non-hydrogen) atoms. The molecule has 0 saturated heterocycles. The average Bonchev–Trinajstić information content (AvgIpc) is 2.53. The molecule has 0 aromatic rings. The molecule has 0 aliphatic rings. The summed E-state index contributed by atoms with van der Waals surface area (Å²) in [6, 6.07) is 0. The van der Waals surface area contributed by atoms with Crippen LogP contribution in [0.2, 0.25) is 0 Å².